The summed E-state index contributed by atoms with van der Waals surface area (Å²) in [7, 11) is 0. The number of esters is 1. The average Bonchev–Trinajstić information content (AvgIpc) is 2.42. The number of halogens is 3. The van der Waals surface area contributed by atoms with Crippen LogP contribution >= 0.6 is 0 Å². The van der Waals surface area contributed by atoms with Gasteiger partial charge in [0.1, 0.15) is 5.69 Å². The molecule has 112 valence electrons. The summed E-state index contributed by atoms with van der Waals surface area (Å²) in [5.74, 6) is -0.787. The van der Waals surface area contributed by atoms with Crippen LogP contribution in [0.3, 0.4) is 0 Å². The third-order valence-electron chi connectivity index (χ3n) is 2.42. The third kappa shape index (κ3) is 5.14. The minimum absolute atomic E-state index is 0.00306. The van der Waals surface area contributed by atoms with Crippen molar-refractivity contribution in [1.29, 1.82) is 0 Å². The number of nitrogens with zero attached hydrogens (tertiary/aromatic N) is 1. The summed E-state index contributed by atoms with van der Waals surface area (Å²) in [6, 6.07) is 1.69. The summed E-state index contributed by atoms with van der Waals surface area (Å²) in [6.07, 6.45) is -4.03. The molecule has 0 unspecified atom stereocenters. The standard InChI is InChI=1S/C12H14F3NO4/c13-12(14,15)10-4-3-8(6-16-10)11(19)20-5-1-2-9(18)7-17/h3-4,6,9,17-18H,1-2,5,7H2/t9-/m0/s1. The number of ether oxygens (including phenoxy) is 1. The van der Waals surface area contributed by atoms with Gasteiger partial charge in [-0.1, -0.05) is 0 Å². The van der Waals surface area contributed by atoms with Crippen molar-refractivity contribution in [3.05, 3.63) is 29.6 Å². The van der Waals surface area contributed by atoms with Gasteiger partial charge in [0.05, 0.1) is 24.9 Å². The summed E-state index contributed by atoms with van der Waals surface area (Å²) in [6.45, 7) is -0.381. The lowest BCUT2D eigenvalue weighted by atomic mass is 10.2. The molecule has 1 aromatic heterocycles. The minimum atomic E-state index is -4.55. The zero-order chi connectivity index (χ0) is 15.2. The Balaban J connectivity index is 2.44. The molecule has 1 rings (SSSR count). The maximum absolute atomic E-state index is 12.3. The number of hydrogen-bond donors (Lipinski definition) is 2. The molecular weight excluding hydrogens is 279 g/mol. The molecule has 8 heteroatoms. The van der Waals surface area contributed by atoms with E-state index in [1.807, 2.05) is 0 Å². The first-order chi connectivity index (χ1) is 9.34. The van der Waals surface area contributed by atoms with Crippen molar-refractivity contribution in [2.75, 3.05) is 13.2 Å². The van der Waals surface area contributed by atoms with Crippen molar-refractivity contribution >= 4 is 5.97 Å². The molecule has 0 aliphatic carbocycles. The topological polar surface area (TPSA) is 79.7 Å². The largest absolute Gasteiger partial charge is 0.462 e. The fraction of sp³-hybridized carbons (Fsp3) is 0.500. The monoisotopic (exact) mass is 293 g/mol. The summed E-state index contributed by atoms with van der Waals surface area (Å²) in [5, 5.41) is 17.6. The second kappa shape index (κ2) is 7.20. The van der Waals surface area contributed by atoms with E-state index in [2.05, 4.69) is 4.98 Å². The van der Waals surface area contributed by atoms with Gasteiger partial charge in [0.2, 0.25) is 0 Å². The molecule has 0 spiro atoms. The second-order valence-corrected chi connectivity index (χ2v) is 4.04. The van der Waals surface area contributed by atoms with E-state index in [9.17, 15) is 18.0 Å². The quantitative estimate of drug-likeness (QED) is 0.612. The molecule has 1 aromatic rings. The molecular formula is C12H14F3NO4. The van der Waals surface area contributed by atoms with E-state index in [1.54, 1.807) is 0 Å². The Morgan fingerprint density at radius 3 is 2.60 bits per heavy atom. The van der Waals surface area contributed by atoms with Gasteiger partial charge in [-0.3, -0.25) is 4.98 Å². The maximum Gasteiger partial charge on any atom is 0.433 e. The molecule has 0 saturated carbocycles. The summed E-state index contributed by atoms with van der Waals surface area (Å²) in [4.78, 5) is 14.6. The predicted molar refractivity (Wildman–Crippen MR) is 61.8 cm³/mol. The van der Waals surface area contributed by atoms with Crippen LogP contribution in [0.5, 0.6) is 0 Å². The Kier molecular flexibility index (Phi) is 5.90. The van der Waals surface area contributed by atoms with Gasteiger partial charge in [0.15, 0.2) is 0 Å². The molecule has 0 amide bonds. The smallest absolute Gasteiger partial charge is 0.433 e. The zero-order valence-corrected chi connectivity index (χ0v) is 10.4. The van der Waals surface area contributed by atoms with Gasteiger partial charge in [0, 0.05) is 6.20 Å². The van der Waals surface area contributed by atoms with Crippen molar-refractivity contribution in [2.24, 2.45) is 0 Å². The summed E-state index contributed by atoms with van der Waals surface area (Å²) < 4.78 is 41.6. The van der Waals surface area contributed by atoms with Crippen molar-refractivity contribution in [3.63, 3.8) is 0 Å². The number of aromatic nitrogens is 1. The van der Waals surface area contributed by atoms with E-state index in [4.69, 9.17) is 14.9 Å². The molecule has 1 atom stereocenters. The van der Waals surface area contributed by atoms with Crippen LogP contribution in [-0.4, -0.2) is 40.5 Å². The van der Waals surface area contributed by atoms with Gasteiger partial charge >= 0.3 is 12.1 Å². The molecule has 5 nitrogen and oxygen atoms in total. The minimum Gasteiger partial charge on any atom is -0.462 e. The lowest BCUT2D eigenvalue weighted by Gasteiger charge is -2.08. The molecule has 0 aromatic carbocycles. The van der Waals surface area contributed by atoms with Gasteiger partial charge in [-0.2, -0.15) is 13.2 Å². The van der Waals surface area contributed by atoms with Crippen LogP contribution < -0.4 is 0 Å². The molecule has 2 N–H and O–H groups in total. The van der Waals surface area contributed by atoms with Gasteiger partial charge in [-0.25, -0.2) is 4.79 Å². The maximum atomic E-state index is 12.3. The Labute approximate surface area is 113 Å². The number of aliphatic hydroxyl groups excluding tert-OH is 2. The number of alkyl halides is 3. The highest BCUT2D eigenvalue weighted by Crippen LogP contribution is 2.27. The first-order valence-electron chi connectivity index (χ1n) is 5.84. The summed E-state index contributed by atoms with van der Waals surface area (Å²) >= 11 is 0. The SMILES string of the molecule is O=C(OCCC[C@H](O)CO)c1ccc(C(F)(F)F)nc1. The molecule has 0 aliphatic heterocycles. The third-order valence-corrected chi connectivity index (χ3v) is 2.42. The molecule has 0 aliphatic rings. The molecule has 0 saturated heterocycles. The van der Waals surface area contributed by atoms with Crippen LogP contribution in [-0.2, 0) is 10.9 Å². The normalized spacial score (nSPS) is 13.1. The van der Waals surface area contributed by atoms with E-state index >= 15 is 0 Å². The van der Waals surface area contributed by atoms with Crippen molar-refractivity contribution < 1.29 is 32.9 Å². The van der Waals surface area contributed by atoms with Gasteiger partial charge in [-0.05, 0) is 25.0 Å². The molecule has 1 heterocycles. The second-order valence-electron chi connectivity index (χ2n) is 4.04. The van der Waals surface area contributed by atoms with Crippen LogP contribution in [0.1, 0.15) is 28.9 Å². The Morgan fingerprint density at radius 1 is 1.40 bits per heavy atom. The lowest BCUT2D eigenvalue weighted by Crippen LogP contribution is -2.14. The van der Waals surface area contributed by atoms with Crippen molar-refractivity contribution in [3.8, 4) is 0 Å². The molecule has 0 fully saturated rings. The van der Waals surface area contributed by atoms with Crippen molar-refractivity contribution in [1.82, 2.24) is 4.98 Å². The number of carbonyl (C=O) groups excluding carboxylic acids is 1. The van der Waals surface area contributed by atoms with Crippen LogP contribution in [0.15, 0.2) is 18.3 Å². The zero-order valence-electron chi connectivity index (χ0n) is 10.4. The number of aliphatic hydroxyl groups is 2. The van der Waals surface area contributed by atoms with E-state index in [0.29, 0.717) is 12.5 Å². The molecule has 20 heavy (non-hydrogen) atoms. The lowest BCUT2D eigenvalue weighted by molar-refractivity contribution is -0.141. The highest BCUT2D eigenvalue weighted by atomic mass is 19.4. The average molecular weight is 293 g/mol. The number of pyridine rings is 1. The van der Waals surface area contributed by atoms with Crippen LogP contribution in [0.25, 0.3) is 0 Å². The highest BCUT2D eigenvalue weighted by Gasteiger charge is 2.32. The van der Waals surface area contributed by atoms with Crippen LogP contribution in [0.4, 0.5) is 13.2 Å². The van der Waals surface area contributed by atoms with Crippen LogP contribution in [0, 0.1) is 0 Å². The summed E-state index contributed by atoms with van der Waals surface area (Å²) in [5.41, 5.74) is -1.17. The fourth-order valence-electron chi connectivity index (χ4n) is 1.34. The number of hydrogen-bond acceptors (Lipinski definition) is 5. The number of carbonyl (C=O) groups is 1. The van der Waals surface area contributed by atoms with E-state index < -0.39 is 23.9 Å². The van der Waals surface area contributed by atoms with E-state index in [-0.39, 0.29) is 25.2 Å². The Morgan fingerprint density at radius 2 is 2.10 bits per heavy atom. The van der Waals surface area contributed by atoms with Gasteiger partial charge in [0.25, 0.3) is 0 Å². The van der Waals surface area contributed by atoms with E-state index in [0.717, 1.165) is 12.3 Å². The predicted octanol–water partition coefficient (Wildman–Crippen LogP) is 1.39. The number of rotatable bonds is 6. The van der Waals surface area contributed by atoms with Crippen molar-refractivity contribution in [2.45, 2.75) is 25.1 Å². The van der Waals surface area contributed by atoms with E-state index in [1.165, 1.54) is 0 Å². The fourth-order valence-corrected chi connectivity index (χ4v) is 1.34. The first-order valence-corrected chi connectivity index (χ1v) is 5.84. The highest BCUT2D eigenvalue weighted by molar-refractivity contribution is 5.88. The first kappa shape index (κ1) is 16.4. The van der Waals surface area contributed by atoms with Gasteiger partial charge in [-0.15, -0.1) is 0 Å². The van der Waals surface area contributed by atoms with Gasteiger partial charge < -0.3 is 14.9 Å². The molecule has 0 bridgehead atoms. The Hall–Kier alpha value is -1.67. The molecule has 0 radical (unpaired) electrons. The Bertz CT molecular complexity index is 433. The van der Waals surface area contributed by atoms with Crippen LogP contribution in [0.2, 0.25) is 0 Å².